The second-order valence-corrected chi connectivity index (χ2v) is 5.63. The van der Waals surface area contributed by atoms with Gasteiger partial charge in [-0.2, -0.15) is 18.9 Å². The smallest absolute Gasteiger partial charge is 0.387 e. The molecule has 0 aliphatic rings. The van der Waals surface area contributed by atoms with E-state index in [1.165, 1.54) is 12.1 Å². The third-order valence-electron chi connectivity index (χ3n) is 3.78. The van der Waals surface area contributed by atoms with Crippen LogP contribution in [0.2, 0.25) is 0 Å². The summed E-state index contributed by atoms with van der Waals surface area (Å²) in [5.74, 6) is 0.726. The van der Waals surface area contributed by atoms with Gasteiger partial charge in [0.25, 0.3) is 0 Å². The maximum absolute atomic E-state index is 12.6. The molecule has 2 aromatic heterocycles. The summed E-state index contributed by atoms with van der Waals surface area (Å²) in [4.78, 5) is 8.74. The first-order valence-electron chi connectivity index (χ1n) is 8.11. The minimum Gasteiger partial charge on any atom is -0.434 e. The van der Waals surface area contributed by atoms with E-state index in [2.05, 4.69) is 19.8 Å². The fourth-order valence-electron chi connectivity index (χ4n) is 2.65. The number of fused-ring (bicyclic) bond motifs is 1. The fourth-order valence-corrected chi connectivity index (χ4v) is 2.65. The number of alkyl halides is 2. The summed E-state index contributed by atoms with van der Waals surface area (Å²) in [7, 11) is 0. The minimum absolute atomic E-state index is 0.0765. The van der Waals surface area contributed by atoms with Crippen molar-refractivity contribution >= 4 is 11.0 Å². The molecule has 4 aromatic rings. The molecular formula is C19H14F2N4O2. The van der Waals surface area contributed by atoms with E-state index < -0.39 is 6.61 Å². The van der Waals surface area contributed by atoms with Crippen LogP contribution in [0, 0.1) is 6.92 Å². The summed E-state index contributed by atoms with van der Waals surface area (Å²) in [6.07, 6.45) is 1.58. The molecule has 0 N–H and O–H groups in total. The van der Waals surface area contributed by atoms with E-state index in [9.17, 15) is 8.78 Å². The van der Waals surface area contributed by atoms with Gasteiger partial charge < -0.3 is 9.47 Å². The lowest BCUT2D eigenvalue weighted by atomic mass is 10.3. The number of benzene rings is 2. The lowest BCUT2D eigenvalue weighted by Crippen LogP contribution is -2.04. The molecule has 0 aliphatic heterocycles. The van der Waals surface area contributed by atoms with E-state index in [0.717, 1.165) is 5.69 Å². The van der Waals surface area contributed by atoms with Crippen LogP contribution in [-0.4, -0.2) is 26.4 Å². The highest BCUT2D eigenvalue weighted by Gasteiger charge is 2.17. The van der Waals surface area contributed by atoms with Crippen LogP contribution >= 0.6 is 0 Å². The van der Waals surface area contributed by atoms with E-state index in [1.54, 1.807) is 29.9 Å². The Hall–Kier alpha value is -3.55. The van der Waals surface area contributed by atoms with Crippen LogP contribution in [0.1, 0.15) is 5.82 Å². The maximum atomic E-state index is 12.6. The van der Waals surface area contributed by atoms with Gasteiger partial charge in [0, 0.05) is 0 Å². The zero-order valence-electron chi connectivity index (χ0n) is 14.2. The van der Waals surface area contributed by atoms with Crippen molar-refractivity contribution in [1.82, 2.24) is 19.7 Å². The molecule has 4 rings (SSSR count). The molecule has 0 fully saturated rings. The molecule has 2 heterocycles. The molecule has 136 valence electrons. The summed E-state index contributed by atoms with van der Waals surface area (Å²) in [6, 6.07) is 15.7. The Kier molecular flexibility index (Phi) is 4.37. The zero-order chi connectivity index (χ0) is 18.8. The molecule has 0 spiro atoms. The Morgan fingerprint density at radius 3 is 2.37 bits per heavy atom. The SMILES string of the molecule is Cc1nc(Oc2ccccc2OC(F)F)c2cnn(-c3ccccc3)c2n1. The highest BCUT2D eigenvalue weighted by molar-refractivity contribution is 5.82. The molecule has 0 radical (unpaired) electrons. The summed E-state index contributed by atoms with van der Waals surface area (Å²) in [5.41, 5.74) is 1.38. The maximum Gasteiger partial charge on any atom is 0.387 e. The monoisotopic (exact) mass is 368 g/mol. The molecular weight excluding hydrogens is 354 g/mol. The summed E-state index contributed by atoms with van der Waals surface area (Å²) < 4.78 is 37.2. The third kappa shape index (κ3) is 3.41. The summed E-state index contributed by atoms with van der Waals surface area (Å²) >= 11 is 0. The van der Waals surface area contributed by atoms with Crippen molar-refractivity contribution < 1.29 is 18.3 Å². The topological polar surface area (TPSA) is 62.1 Å². The number of ether oxygens (including phenoxy) is 2. The van der Waals surface area contributed by atoms with E-state index in [4.69, 9.17) is 4.74 Å². The Morgan fingerprint density at radius 1 is 0.926 bits per heavy atom. The first-order chi connectivity index (χ1) is 13.1. The van der Waals surface area contributed by atoms with Crippen molar-refractivity contribution in [1.29, 1.82) is 0 Å². The number of hydrogen-bond acceptors (Lipinski definition) is 5. The highest BCUT2D eigenvalue weighted by atomic mass is 19.3. The van der Waals surface area contributed by atoms with Crippen LogP contribution in [0.4, 0.5) is 8.78 Å². The summed E-state index contributed by atoms with van der Waals surface area (Å²) in [6.45, 7) is -1.24. The first-order valence-corrected chi connectivity index (χ1v) is 8.11. The van der Waals surface area contributed by atoms with Gasteiger partial charge in [0.05, 0.1) is 11.9 Å². The van der Waals surface area contributed by atoms with Crippen molar-refractivity contribution in [3.05, 3.63) is 66.6 Å². The number of halogens is 2. The van der Waals surface area contributed by atoms with Gasteiger partial charge in [-0.05, 0) is 31.2 Å². The molecule has 0 saturated heterocycles. The molecule has 6 nitrogen and oxygen atoms in total. The van der Waals surface area contributed by atoms with Gasteiger partial charge in [-0.25, -0.2) is 9.67 Å². The van der Waals surface area contributed by atoms with Crippen molar-refractivity contribution in [3.63, 3.8) is 0 Å². The Morgan fingerprint density at radius 2 is 1.63 bits per heavy atom. The molecule has 0 unspecified atom stereocenters. The van der Waals surface area contributed by atoms with Gasteiger partial charge in [0.2, 0.25) is 5.88 Å². The van der Waals surface area contributed by atoms with Crippen LogP contribution < -0.4 is 9.47 Å². The average molecular weight is 368 g/mol. The van der Waals surface area contributed by atoms with Crippen molar-refractivity contribution in [3.8, 4) is 23.1 Å². The van der Waals surface area contributed by atoms with E-state index in [1.807, 2.05) is 30.3 Å². The van der Waals surface area contributed by atoms with Crippen molar-refractivity contribution in [2.24, 2.45) is 0 Å². The Labute approximate surface area is 153 Å². The number of hydrogen-bond donors (Lipinski definition) is 0. The molecule has 0 saturated carbocycles. The number of para-hydroxylation sites is 3. The number of nitrogens with zero attached hydrogens (tertiary/aromatic N) is 4. The molecule has 8 heteroatoms. The average Bonchev–Trinajstić information content (AvgIpc) is 3.07. The third-order valence-corrected chi connectivity index (χ3v) is 3.78. The van der Waals surface area contributed by atoms with Crippen LogP contribution in [-0.2, 0) is 0 Å². The van der Waals surface area contributed by atoms with Gasteiger partial charge in [-0.1, -0.05) is 30.3 Å². The number of rotatable bonds is 5. The van der Waals surface area contributed by atoms with E-state index >= 15 is 0 Å². The fraction of sp³-hybridized carbons (Fsp3) is 0.105. The Balaban J connectivity index is 1.79. The number of aryl methyl sites for hydroxylation is 1. The highest BCUT2D eigenvalue weighted by Crippen LogP contribution is 2.34. The predicted octanol–water partition coefficient (Wildman–Crippen LogP) is 4.52. The normalized spacial score (nSPS) is 11.1. The van der Waals surface area contributed by atoms with Gasteiger partial charge in [0.15, 0.2) is 17.1 Å². The molecule has 0 atom stereocenters. The second kappa shape index (κ2) is 6.99. The quantitative estimate of drug-likeness (QED) is 0.518. The molecule has 0 bridgehead atoms. The molecule has 2 aromatic carbocycles. The van der Waals surface area contributed by atoms with E-state index in [0.29, 0.717) is 16.9 Å². The largest absolute Gasteiger partial charge is 0.434 e. The van der Waals surface area contributed by atoms with Crippen LogP contribution in [0.5, 0.6) is 17.4 Å². The van der Waals surface area contributed by atoms with Crippen LogP contribution in [0.3, 0.4) is 0 Å². The Bertz CT molecular complexity index is 1080. The number of aromatic nitrogens is 4. The zero-order valence-corrected chi connectivity index (χ0v) is 14.2. The van der Waals surface area contributed by atoms with Gasteiger partial charge in [-0.3, -0.25) is 0 Å². The van der Waals surface area contributed by atoms with Gasteiger partial charge >= 0.3 is 6.61 Å². The molecule has 27 heavy (non-hydrogen) atoms. The second-order valence-electron chi connectivity index (χ2n) is 5.63. The van der Waals surface area contributed by atoms with Crippen molar-refractivity contribution in [2.75, 3.05) is 0 Å². The summed E-state index contributed by atoms with van der Waals surface area (Å²) in [5, 5.41) is 4.91. The predicted molar refractivity (Wildman–Crippen MR) is 94.5 cm³/mol. The standard InChI is InChI=1S/C19H14F2N4O2/c1-12-23-17-14(11-22-25(17)13-7-3-2-4-8-13)18(24-12)26-15-9-5-6-10-16(15)27-19(20)21/h2-11,19H,1H3. The molecule has 0 amide bonds. The van der Waals surface area contributed by atoms with Gasteiger partial charge in [-0.15, -0.1) is 0 Å². The molecule has 0 aliphatic carbocycles. The lowest BCUT2D eigenvalue weighted by Gasteiger charge is -2.12. The van der Waals surface area contributed by atoms with Crippen LogP contribution in [0.15, 0.2) is 60.8 Å². The van der Waals surface area contributed by atoms with E-state index in [-0.39, 0.29) is 17.4 Å². The first kappa shape index (κ1) is 16.9. The van der Waals surface area contributed by atoms with Crippen molar-refractivity contribution in [2.45, 2.75) is 13.5 Å². The van der Waals surface area contributed by atoms with Gasteiger partial charge in [0.1, 0.15) is 11.2 Å². The van der Waals surface area contributed by atoms with Crippen LogP contribution in [0.25, 0.3) is 16.7 Å². The lowest BCUT2D eigenvalue weighted by molar-refractivity contribution is -0.0510. The minimum atomic E-state index is -2.96.